The van der Waals surface area contributed by atoms with E-state index in [1.54, 1.807) is 24.3 Å². The fraction of sp³-hybridized carbons (Fsp3) is 0.333. The monoisotopic (exact) mass is 578 g/mol. The Morgan fingerprint density at radius 1 is 1.00 bits per heavy atom. The average molecular weight is 579 g/mol. The normalized spacial score (nSPS) is 15.8. The van der Waals surface area contributed by atoms with Crippen molar-refractivity contribution in [3.63, 3.8) is 0 Å². The van der Waals surface area contributed by atoms with Gasteiger partial charge in [-0.3, -0.25) is 9.59 Å². The Hall–Kier alpha value is -2.65. The van der Waals surface area contributed by atoms with Crippen LogP contribution in [0.1, 0.15) is 63.9 Å². The standard InChI is InChI=1S/C27H26BrF3N2O2S/c1-26(2,3)16-9-12-20-21(14-16)36-25(33-23(34)15-7-10-18(28)11-8-15)22(20)24(35)32-19-6-4-5-17(13-19)27(29,30)31/h4-8,10-11,13,16H,9,12,14H2,1-3H3,(H,32,35)(H,33,34). The van der Waals surface area contributed by atoms with Crippen LogP contribution in [0, 0.1) is 11.3 Å². The maximum Gasteiger partial charge on any atom is 0.416 e. The van der Waals surface area contributed by atoms with E-state index in [9.17, 15) is 22.8 Å². The molecule has 1 aliphatic rings. The van der Waals surface area contributed by atoms with E-state index in [0.717, 1.165) is 39.9 Å². The Kier molecular flexibility index (Phi) is 7.35. The summed E-state index contributed by atoms with van der Waals surface area (Å²) in [5.41, 5.74) is 0.902. The Labute approximate surface area is 220 Å². The minimum atomic E-state index is -4.52. The highest BCUT2D eigenvalue weighted by Gasteiger charge is 2.35. The predicted octanol–water partition coefficient (Wildman–Crippen LogP) is 8.19. The zero-order valence-electron chi connectivity index (χ0n) is 20.1. The van der Waals surface area contributed by atoms with Crippen LogP contribution in [0.3, 0.4) is 0 Å². The molecule has 1 aliphatic carbocycles. The first-order valence-corrected chi connectivity index (χ1v) is 13.1. The van der Waals surface area contributed by atoms with Gasteiger partial charge in [0.25, 0.3) is 11.8 Å². The summed E-state index contributed by atoms with van der Waals surface area (Å²) >= 11 is 4.72. The number of alkyl halides is 3. The molecule has 0 saturated carbocycles. The zero-order valence-corrected chi connectivity index (χ0v) is 22.5. The lowest BCUT2D eigenvalue weighted by Crippen LogP contribution is -2.27. The SMILES string of the molecule is CC(C)(C)C1CCc2c(sc(NC(=O)c3ccc(Br)cc3)c2C(=O)Nc2cccc(C(F)(F)F)c2)C1. The first-order valence-electron chi connectivity index (χ1n) is 11.5. The van der Waals surface area contributed by atoms with Crippen LogP contribution in [-0.2, 0) is 19.0 Å². The van der Waals surface area contributed by atoms with E-state index in [1.807, 2.05) is 0 Å². The molecule has 2 aromatic carbocycles. The van der Waals surface area contributed by atoms with Crippen molar-refractivity contribution in [1.29, 1.82) is 0 Å². The molecule has 1 unspecified atom stereocenters. The Morgan fingerprint density at radius 2 is 1.69 bits per heavy atom. The van der Waals surface area contributed by atoms with E-state index in [1.165, 1.54) is 23.5 Å². The van der Waals surface area contributed by atoms with Crippen LogP contribution in [0.25, 0.3) is 0 Å². The number of carbonyl (C=O) groups excluding carboxylic acids is 2. The maximum atomic E-state index is 13.4. The van der Waals surface area contributed by atoms with Crippen molar-refractivity contribution in [2.45, 2.75) is 46.2 Å². The lowest BCUT2D eigenvalue weighted by Gasteiger charge is -2.33. The highest BCUT2D eigenvalue weighted by atomic mass is 79.9. The number of thiophene rings is 1. The summed E-state index contributed by atoms with van der Waals surface area (Å²) in [6, 6.07) is 11.4. The molecule has 1 aromatic heterocycles. The topological polar surface area (TPSA) is 58.2 Å². The van der Waals surface area contributed by atoms with Crippen molar-refractivity contribution in [2.24, 2.45) is 11.3 Å². The molecule has 0 fully saturated rings. The molecule has 0 bridgehead atoms. The van der Waals surface area contributed by atoms with Gasteiger partial charge in [0, 0.05) is 20.6 Å². The summed E-state index contributed by atoms with van der Waals surface area (Å²) in [4.78, 5) is 27.4. The molecule has 2 amide bonds. The van der Waals surface area contributed by atoms with Crippen LogP contribution >= 0.6 is 27.3 Å². The summed E-state index contributed by atoms with van der Waals surface area (Å²) < 4.78 is 40.3. The van der Waals surface area contributed by atoms with Crippen LogP contribution in [0.5, 0.6) is 0 Å². The van der Waals surface area contributed by atoms with Gasteiger partial charge in [-0.1, -0.05) is 42.8 Å². The van der Waals surface area contributed by atoms with Gasteiger partial charge in [-0.15, -0.1) is 11.3 Å². The van der Waals surface area contributed by atoms with Crippen LogP contribution in [0.15, 0.2) is 53.0 Å². The number of benzene rings is 2. The second kappa shape index (κ2) is 10.0. The number of halogens is 4. The Balaban J connectivity index is 1.68. The number of fused-ring (bicyclic) bond motifs is 1. The summed E-state index contributed by atoms with van der Waals surface area (Å²) in [5.74, 6) is -0.480. The molecule has 1 atom stereocenters. The minimum absolute atomic E-state index is 0.0448. The number of anilines is 2. The number of carbonyl (C=O) groups is 2. The fourth-order valence-electron chi connectivity index (χ4n) is 4.40. The van der Waals surface area contributed by atoms with Gasteiger partial charge in [0.1, 0.15) is 5.00 Å². The first-order chi connectivity index (χ1) is 16.8. The van der Waals surface area contributed by atoms with E-state index >= 15 is 0 Å². The van der Waals surface area contributed by atoms with Crippen molar-refractivity contribution < 1.29 is 22.8 Å². The molecule has 0 saturated heterocycles. The zero-order chi connectivity index (χ0) is 26.3. The molecule has 2 N–H and O–H groups in total. The Morgan fingerprint density at radius 3 is 2.33 bits per heavy atom. The molecule has 0 spiro atoms. The molecule has 9 heteroatoms. The third-order valence-electron chi connectivity index (χ3n) is 6.50. The third kappa shape index (κ3) is 5.83. The van der Waals surface area contributed by atoms with Gasteiger partial charge in [0.15, 0.2) is 0 Å². The highest BCUT2D eigenvalue weighted by Crippen LogP contribution is 2.44. The average Bonchev–Trinajstić information content (AvgIpc) is 3.15. The number of nitrogens with one attached hydrogen (secondary N) is 2. The molecular weight excluding hydrogens is 553 g/mol. The van der Waals surface area contributed by atoms with Crippen LogP contribution in [0.2, 0.25) is 0 Å². The highest BCUT2D eigenvalue weighted by molar-refractivity contribution is 9.10. The summed E-state index contributed by atoms with van der Waals surface area (Å²) in [5, 5.41) is 5.91. The number of amides is 2. The summed E-state index contributed by atoms with van der Waals surface area (Å²) in [6.45, 7) is 6.56. The molecule has 4 nitrogen and oxygen atoms in total. The van der Waals surface area contributed by atoms with Crippen LogP contribution in [0.4, 0.5) is 23.9 Å². The van der Waals surface area contributed by atoms with Crippen LogP contribution < -0.4 is 10.6 Å². The van der Waals surface area contributed by atoms with Gasteiger partial charge in [-0.05, 0) is 78.6 Å². The second-order valence-electron chi connectivity index (χ2n) is 10.0. The summed E-state index contributed by atoms with van der Waals surface area (Å²) in [7, 11) is 0. The lowest BCUT2D eigenvalue weighted by molar-refractivity contribution is -0.137. The molecular formula is C27H26BrF3N2O2S. The largest absolute Gasteiger partial charge is 0.416 e. The lowest BCUT2D eigenvalue weighted by atomic mass is 9.72. The van der Waals surface area contributed by atoms with Crippen molar-refractivity contribution in [2.75, 3.05) is 10.6 Å². The second-order valence-corrected chi connectivity index (χ2v) is 12.0. The van der Waals surface area contributed by atoms with E-state index in [-0.39, 0.29) is 17.0 Å². The van der Waals surface area contributed by atoms with Crippen molar-refractivity contribution in [1.82, 2.24) is 0 Å². The van der Waals surface area contributed by atoms with Gasteiger partial charge in [0.2, 0.25) is 0 Å². The van der Waals surface area contributed by atoms with Gasteiger partial charge in [0.05, 0.1) is 11.1 Å². The molecule has 4 rings (SSSR count). The predicted molar refractivity (Wildman–Crippen MR) is 141 cm³/mol. The Bertz CT molecular complexity index is 1290. The number of rotatable bonds is 4. The van der Waals surface area contributed by atoms with Gasteiger partial charge in [-0.2, -0.15) is 13.2 Å². The summed E-state index contributed by atoms with van der Waals surface area (Å²) in [6.07, 6.45) is -2.19. The van der Waals surface area contributed by atoms with E-state index < -0.39 is 17.6 Å². The fourth-order valence-corrected chi connectivity index (χ4v) is 5.98. The van der Waals surface area contributed by atoms with E-state index in [4.69, 9.17) is 0 Å². The smallest absolute Gasteiger partial charge is 0.322 e. The van der Waals surface area contributed by atoms with Gasteiger partial charge in [-0.25, -0.2) is 0 Å². The minimum Gasteiger partial charge on any atom is -0.322 e. The number of hydrogen-bond acceptors (Lipinski definition) is 3. The van der Waals surface area contributed by atoms with Crippen LogP contribution in [-0.4, -0.2) is 11.8 Å². The maximum absolute atomic E-state index is 13.4. The van der Waals surface area contributed by atoms with Crippen molar-refractivity contribution in [3.05, 3.63) is 80.1 Å². The van der Waals surface area contributed by atoms with Crippen molar-refractivity contribution >= 4 is 49.8 Å². The molecule has 190 valence electrons. The van der Waals surface area contributed by atoms with Gasteiger partial charge >= 0.3 is 6.18 Å². The van der Waals surface area contributed by atoms with E-state index in [2.05, 4.69) is 47.3 Å². The number of hydrogen-bond donors (Lipinski definition) is 2. The quantitative estimate of drug-likeness (QED) is 0.328. The van der Waals surface area contributed by atoms with E-state index in [0.29, 0.717) is 28.5 Å². The molecule has 3 aromatic rings. The third-order valence-corrected chi connectivity index (χ3v) is 8.20. The molecule has 0 aliphatic heterocycles. The first kappa shape index (κ1) is 26.4. The van der Waals surface area contributed by atoms with Gasteiger partial charge < -0.3 is 10.6 Å². The molecule has 36 heavy (non-hydrogen) atoms. The molecule has 1 heterocycles. The van der Waals surface area contributed by atoms with Crippen molar-refractivity contribution in [3.8, 4) is 0 Å². The molecule has 0 radical (unpaired) electrons.